The third-order valence-electron chi connectivity index (χ3n) is 3.11. The van der Waals surface area contributed by atoms with Crippen molar-refractivity contribution in [3.8, 4) is 0 Å². The van der Waals surface area contributed by atoms with E-state index in [0.717, 1.165) is 44.5 Å². The lowest BCUT2D eigenvalue weighted by Crippen LogP contribution is -2.28. The number of anilines is 1. The van der Waals surface area contributed by atoms with Crippen LogP contribution in [0.2, 0.25) is 0 Å². The summed E-state index contributed by atoms with van der Waals surface area (Å²) in [6.07, 6.45) is 3.05. The zero-order valence-corrected chi connectivity index (χ0v) is 11.5. The predicted molar refractivity (Wildman–Crippen MR) is 77.5 cm³/mol. The second-order valence-corrected chi connectivity index (χ2v) is 4.60. The number of nitrogens with zero attached hydrogens (tertiary/aromatic N) is 1. The van der Waals surface area contributed by atoms with Gasteiger partial charge in [0.05, 0.1) is 0 Å². The summed E-state index contributed by atoms with van der Waals surface area (Å²) in [5.74, 6) is 0. The largest absolute Gasteiger partial charge is 0.396 e. The van der Waals surface area contributed by atoms with E-state index in [4.69, 9.17) is 15.3 Å². The van der Waals surface area contributed by atoms with Gasteiger partial charge in [0.1, 0.15) is 0 Å². The van der Waals surface area contributed by atoms with Crippen molar-refractivity contribution >= 4 is 5.69 Å². The zero-order valence-electron chi connectivity index (χ0n) is 11.5. The molecule has 19 heavy (non-hydrogen) atoms. The van der Waals surface area contributed by atoms with E-state index >= 15 is 0 Å². The van der Waals surface area contributed by atoms with Crippen molar-refractivity contribution in [2.75, 3.05) is 37.8 Å². The highest BCUT2D eigenvalue weighted by molar-refractivity contribution is 5.53. The molecule has 0 radical (unpaired) electrons. The van der Waals surface area contributed by atoms with Gasteiger partial charge in [0.2, 0.25) is 0 Å². The fourth-order valence-electron chi connectivity index (χ4n) is 2.18. The van der Waals surface area contributed by atoms with Gasteiger partial charge in [0.15, 0.2) is 0 Å². The summed E-state index contributed by atoms with van der Waals surface area (Å²) >= 11 is 0. The minimum Gasteiger partial charge on any atom is -0.396 e. The van der Waals surface area contributed by atoms with Crippen LogP contribution in [0.1, 0.15) is 24.8 Å². The molecule has 108 valence electrons. The molecule has 3 N–H and O–H groups in total. The molecule has 0 unspecified atom stereocenters. The second-order valence-electron chi connectivity index (χ2n) is 4.60. The number of aliphatic hydroxyl groups is 3. The summed E-state index contributed by atoms with van der Waals surface area (Å²) in [6, 6.07) is 8.16. The van der Waals surface area contributed by atoms with Crippen molar-refractivity contribution in [3.63, 3.8) is 0 Å². The van der Waals surface area contributed by atoms with E-state index < -0.39 is 0 Å². The van der Waals surface area contributed by atoms with Crippen LogP contribution in [0, 0.1) is 0 Å². The van der Waals surface area contributed by atoms with E-state index in [-0.39, 0.29) is 19.8 Å². The van der Waals surface area contributed by atoms with Gasteiger partial charge in [-0.2, -0.15) is 0 Å². The molecule has 0 saturated heterocycles. The molecule has 0 aromatic heterocycles. The van der Waals surface area contributed by atoms with E-state index in [2.05, 4.69) is 17.0 Å². The van der Waals surface area contributed by atoms with Gasteiger partial charge in [-0.3, -0.25) is 0 Å². The smallest absolute Gasteiger partial charge is 0.0447 e. The fraction of sp³-hybridized carbons (Fsp3) is 0.600. The molecular formula is C15H25NO3. The molecule has 0 fully saturated rings. The Hall–Kier alpha value is -1.10. The molecule has 0 bridgehead atoms. The number of para-hydroxylation sites is 1. The van der Waals surface area contributed by atoms with Gasteiger partial charge in [-0.05, 0) is 37.3 Å². The van der Waals surface area contributed by atoms with Crippen molar-refractivity contribution in [3.05, 3.63) is 29.8 Å². The Morgan fingerprint density at radius 2 is 1.37 bits per heavy atom. The normalized spacial score (nSPS) is 10.7. The van der Waals surface area contributed by atoms with E-state index in [1.165, 1.54) is 5.56 Å². The molecule has 0 aliphatic rings. The van der Waals surface area contributed by atoms with Crippen LogP contribution in [0.5, 0.6) is 0 Å². The molecule has 0 saturated carbocycles. The van der Waals surface area contributed by atoms with E-state index in [9.17, 15) is 0 Å². The summed E-state index contributed by atoms with van der Waals surface area (Å²) < 4.78 is 0. The monoisotopic (exact) mass is 267 g/mol. The summed E-state index contributed by atoms with van der Waals surface area (Å²) in [6.45, 7) is 2.11. The highest BCUT2D eigenvalue weighted by atomic mass is 16.3. The van der Waals surface area contributed by atoms with Gasteiger partial charge in [-0.15, -0.1) is 0 Å². The molecule has 0 spiro atoms. The highest BCUT2D eigenvalue weighted by Crippen LogP contribution is 2.22. The first-order chi connectivity index (χ1) is 9.33. The molecule has 1 rings (SSSR count). The average Bonchev–Trinajstić information content (AvgIpc) is 2.46. The fourth-order valence-corrected chi connectivity index (χ4v) is 2.18. The first kappa shape index (κ1) is 16.0. The maximum absolute atomic E-state index is 8.99. The number of hydrogen-bond acceptors (Lipinski definition) is 4. The molecule has 0 aliphatic carbocycles. The molecule has 0 amide bonds. The molecule has 4 heteroatoms. The SMILES string of the molecule is OCCCc1ccccc1N(CCCO)CCCO. The molecule has 4 nitrogen and oxygen atoms in total. The van der Waals surface area contributed by atoms with E-state index in [1.807, 2.05) is 12.1 Å². The van der Waals surface area contributed by atoms with Crippen LogP contribution >= 0.6 is 0 Å². The van der Waals surface area contributed by atoms with Crippen molar-refractivity contribution < 1.29 is 15.3 Å². The van der Waals surface area contributed by atoms with Crippen LogP contribution < -0.4 is 4.90 Å². The Kier molecular flexibility index (Phi) is 8.21. The van der Waals surface area contributed by atoms with Gasteiger partial charge in [0, 0.05) is 38.6 Å². The predicted octanol–water partition coefficient (Wildman–Crippen LogP) is 1.18. The summed E-state index contributed by atoms with van der Waals surface area (Å²) in [5, 5.41) is 26.9. The molecule has 1 aromatic carbocycles. The lowest BCUT2D eigenvalue weighted by molar-refractivity contribution is 0.282. The Balaban J connectivity index is 2.79. The van der Waals surface area contributed by atoms with Crippen LogP contribution in [-0.2, 0) is 6.42 Å². The molecule has 1 aromatic rings. The number of rotatable bonds is 10. The second kappa shape index (κ2) is 9.78. The Morgan fingerprint density at radius 3 is 1.95 bits per heavy atom. The quantitative estimate of drug-likeness (QED) is 0.596. The number of benzene rings is 1. The van der Waals surface area contributed by atoms with Gasteiger partial charge in [0.25, 0.3) is 0 Å². The van der Waals surface area contributed by atoms with Crippen LogP contribution in [0.4, 0.5) is 5.69 Å². The molecule has 0 atom stereocenters. The van der Waals surface area contributed by atoms with Crippen LogP contribution in [0.3, 0.4) is 0 Å². The average molecular weight is 267 g/mol. The van der Waals surface area contributed by atoms with E-state index in [1.54, 1.807) is 0 Å². The van der Waals surface area contributed by atoms with Crippen molar-refractivity contribution in [1.29, 1.82) is 0 Å². The third-order valence-corrected chi connectivity index (χ3v) is 3.11. The van der Waals surface area contributed by atoms with Crippen LogP contribution in [0.25, 0.3) is 0 Å². The van der Waals surface area contributed by atoms with Crippen LogP contribution in [0.15, 0.2) is 24.3 Å². The maximum atomic E-state index is 8.99. The Bertz CT molecular complexity index is 336. The van der Waals surface area contributed by atoms with E-state index in [0.29, 0.717) is 0 Å². The van der Waals surface area contributed by atoms with Gasteiger partial charge >= 0.3 is 0 Å². The summed E-state index contributed by atoms with van der Waals surface area (Å²) in [5.41, 5.74) is 2.37. The minimum atomic E-state index is 0.175. The zero-order chi connectivity index (χ0) is 13.9. The first-order valence-corrected chi connectivity index (χ1v) is 6.99. The standard InChI is InChI=1S/C15H25NO3/c17-11-3-7-14-6-1-2-8-15(14)16(9-4-12-18)10-5-13-19/h1-2,6,8,17-19H,3-5,7,9-13H2. The highest BCUT2D eigenvalue weighted by Gasteiger charge is 2.10. The summed E-state index contributed by atoms with van der Waals surface area (Å²) in [4.78, 5) is 2.21. The van der Waals surface area contributed by atoms with Gasteiger partial charge in [-0.1, -0.05) is 18.2 Å². The topological polar surface area (TPSA) is 63.9 Å². The first-order valence-electron chi connectivity index (χ1n) is 6.99. The lowest BCUT2D eigenvalue weighted by atomic mass is 10.1. The third kappa shape index (κ3) is 5.59. The molecular weight excluding hydrogens is 242 g/mol. The lowest BCUT2D eigenvalue weighted by Gasteiger charge is -2.27. The Morgan fingerprint density at radius 1 is 0.789 bits per heavy atom. The van der Waals surface area contributed by atoms with Crippen LogP contribution in [-0.4, -0.2) is 48.2 Å². The summed E-state index contributed by atoms with van der Waals surface area (Å²) in [7, 11) is 0. The number of hydrogen-bond donors (Lipinski definition) is 3. The maximum Gasteiger partial charge on any atom is 0.0447 e. The molecule has 0 aliphatic heterocycles. The molecule has 0 heterocycles. The van der Waals surface area contributed by atoms with Gasteiger partial charge < -0.3 is 20.2 Å². The van der Waals surface area contributed by atoms with Crippen molar-refractivity contribution in [1.82, 2.24) is 0 Å². The number of aliphatic hydroxyl groups excluding tert-OH is 3. The number of aryl methyl sites for hydroxylation is 1. The minimum absolute atomic E-state index is 0.175. The van der Waals surface area contributed by atoms with Crippen molar-refractivity contribution in [2.45, 2.75) is 25.7 Å². The van der Waals surface area contributed by atoms with Crippen molar-refractivity contribution in [2.24, 2.45) is 0 Å². The Labute approximate surface area is 115 Å². The van der Waals surface area contributed by atoms with Gasteiger partial charge in [-0.25, -0.2) is 0 Å².